The normalized spacial score (nSPS) is 13.6. The summed E-state index contributed by atoms with van der Waals surface area (Å²) in [6.45, 7) is 4.08. The minimum Gasteiger partial charge on any atom is -0.370 e. The van der Waals surface area contributed by atoms with Crippen LogP contribution in [0, 0.1) is 0 Å². The first-order valence-electron chi connectivity index (χ1n) is 8.37. The Kier molecular flexibility index (Phi) is 13.2. The molecule has 0 aromatic carbocycles. The van der Waals surface area contributed by atoms with E-state index in [0.29, 0.717) is 0 Å². The fourth-order valence-corrected chi connectivity index (χ4v) is 2.26. The Labute approximate surface area is 127 Å². The fraction of sp³-hybridized carbons (Fsp3) is 1.00. The number of alkyl halides is 3. The Hall–Kier alpha value is -0.290. The van der Waals surface area contributed by atoms with Crippen molar-refractivity contribution in [3.8, 4) is 0 Å². The second-order valence-corrected chi connectivity index (χ2v) is 5.69. The second-order valence-electron chi connectivity index (χ2n) is 5.69. The van der Waals surface area contributed by atoms with Crippen molar-refractivity contribution in [2.45, 2.75) is 83.9 Å². The van der Waals surface area contributed by atoms with E-state index in [0.717, 1.165) is 32.2 Å². The first kappa shape index (κ1) is 20.7. The Morgan fingerprint density at radius 1 is 0.905 bits per heavy atom. The molecule has 128 valence electrons. The van der Waals surface area contributed by atoms with E-state index in [1.54, 1.807) is 0 Å². The van der Waals surface area contributed by atoms with Crippen LogP contribution in [0.2, 0.25) is 0 Å². The third kappa shape index (κ3) is 15.9. The standard InChI is InChI=1S/C16H32F3NO/c1-3-5-6-7-8-9-10-11-15(20-12-4-2)13-21-14-16(17,18)19/h15,20H,3-14H2,1-2H3. The molecule has 5 heteroatoms. The van der Waals surface area contributed by atoms with Crippen molar-refractivity contribution >= 4 is 0 Å². The quantitative estimate of drug-likeness (QED) is 0.452. The SMILES string of the molecule is CCCCCCCCCC(COCC(F)(F)F)NCCC. The lowest BCUT2D eigenvalue weighted by atomic mass is 10.1. The van der Waals surface area contributed by atoms with Gasteiger partial charge in [0, 0.05) is 6.04 Å². The Balaban J connectivity index is 3.69. The summed E-state index contributed by atoms with van der Waals surface area (Å²) in [5.74, 6) is 0. The Morgan fingerprint density at radius 3 is 2.10 bits per heavy atom. The summed E-state index contributed by atoms with van der Waals surface area (Å²) >= 11 is 0. The average Bonchev–Trinajstić information content (AvgIpc) is 2.41. The Bertz CT molecular complexity index is 222. The zero-order valence-electron chi connectivity index (χ0n) is 13.6. The van der Waals surface area contributed by atoms with Crippen LogP contribution in [0.5, 0.6) is 0 Å². The summed E-state index contributed by atoms with van der Waals surface area (Å²) in [4.78, 5) is 0. The van der Waals surface area contributed by atoms with Crippen molar-refractivity contribution in [3.05, 3.63) is 0 Å². The maximum absolute atomic E-state index is 12.1. The molecule has 0 aliphatic rings. The summed E-state index contributed by atoms with van der Waals surface area (Å²) in [5, 5.41) is 3.27. The maximum atomic E-state index is 12.1. The van der Waals surface area contributed by atoms with E-state index in [4.69, 9.17) is 4.74 Å². The van der Waals surface area contributed by atoms with Crippen LogP contribution < -0.4 is 5.32 Å². The monoisotopic (exact) mass is 311 g/mol. The summed E-state index contributed by atoms with van der Waals surface area (Å²) in [6.07, 6.45) is 6.20. The van der Waals surface area contributed by atoms with Gasteiger partial charge in [0.15, 0.2) is 0 Å². The molecule has 0 aliphatic heterocycles. The molecule has 0 saturated heterocycles. The number of nitrogens with one attached hydrogen (secondary N) is 1. The van der Waals surface area contributed by atoms with Gasteiger partial charge in [0.25, 0.3) is 0 Å². The molecule has 2 nitrogen and oxygen atoms in total. The molecule has 0 spiro atoms. The molecule has 0 fully saturated rings. The van der Waals surface area contributed by atoms with E-state index in [1.807, 2.05) is 6.92 Å². The van der Waals surface area contributed by atoms with Crippen LogP contribution in [-0.2, 0) is 4.74 Å². The van der Waals surface area contributed by atoms with Crippen LogP contribution in [0.1, 0.15) is 71.6 Å². The maximum Gasteiger partial charge on any atom is 0.411 e. The molecule has 0 amide bonds. The van der Waals surface area contributed by atoms with E-state index >= 15 is 0 Å². The molecule has 0 radical (unpaired) electrons. The largest absolute Gasteiger partial charge is 0.411 e. The summed E-state index contributed by atoms with van der Waals surface area (Å²) < 4.78 is 41.0. The third-order valence-electron chi connectivity index (χ3n) is 3.42. The number of hydrogen-bond donors (Lipinski definition) is 1. The summed E-state index contributed by atoms with van der Waals surface area (Å²) in [7, 11) is 0. The average molecular weight is 311 g/mol. The first-order valence-corrected chi connectivity index (χ1v) is 8.37. The van der Waals surface area contributed by atoms with Gasteiger partial charge in [-0.3, -0.25) is 0 Å². The number of ether oxygens (including phenoxy) is 1. The second kappa shape index (κ2) is 13.4. The smallest absolute Gasteiger partial charge is 0.370 e. The van der Waals surface area contributed by atoms with Crippen molar-refractivity contribution in [2.24, 2.45) is 0 Å². The molecule has 1 atom stereocenters. The molecule has 0 bridgehead atoms. The van der Waals surface area contributed by atoms with E-state index in [9.17, 15) is 13.2 Å². The van der Waals surface area contributed by atoms with E-state index in [-0.39, 0.29) is 12.6 Å². The zero-order chi connectivity index (χ0) is 16.0. The molecule has 0 aromatic rings. The van der Waals surface area contributed by atoms with Crippen molar-refractivity contribution in [2.75, 3.05) is 19.8 Å². The van der Waals surface area contributed by atoms with Crippen LogP contribution in [0.4, 0.5) is 13.2 Å². The van der Waals surface area contributed by atoms with Crippen molar-refractivity contribution in [1.82, 2.24) is 5.32 Å². The molecule has 0 aliphatic carbocycles. The first-order chi connectivity index (χ1) is 9.99. The molecule has 1 unspecified atom stereocenters. The molecule has 1 N–H and O–H groups in total. The Morgan fingerprint density at radius 2 is 1.52 bits per heavy atom. The van der Waals surface area contributed by atoms with Crippen LogP contribution in [0.3, 0.4) is 0 Å². The lowest BCUT2D eigenvalue weighted by molar-refractivity contribution is -0.175. The van der Waals surface area contributed by atoms with Gasteiger partial charge in [-0.2, -0.15) is 13.2 Å². The van der Waals surface area contributed by atoms with Crippen LogP contribution in [0.25, 0.3) is 0 Å². The van der Waals surface area contributed by atoms with Gasteiger partial charge in [-0.05, 0) is 19.4 Å². The van der Waals surface area contributed by atoms with Gasteiger partial charge in [0.2, 0.25) is 0 Å². The van der Waals surface area contributed by atoms with E-state index in [2.05, 4.69) is 12.2 Å². The van der Waals surface area contributed by atoms with Gasteiger partial charge < -0.3 is 10.1 Å². The van der Waals surface area contributed by atoms with Gasteiger partial charge in [0.05, 0.1) is 6.61 Å². The van der Waals surface area contributed by atoms with E-state index in [1.165, 1.54) is 32.1 Å². The van der Waals surface area contributed by atoms with Crippen molar-refractivity contribution in [3.63, 3.8) is 0 Å². The number of unbranched alkanes of at least 4 members (excludes halogenated alkanes) is 6. The van der Waals surface area contributed by atoms with Gasteiger partial charge in [-0.15, -0.1) is 0 Å². The fourth-order valence-electron chi connectivity index (χ4n) is 2.26. The minimum atomic E-state index is -4.23. The summed E-state index contributed by atoms with van der Waals surface area (Å²) in [5.41, 5.74) is 0. The van der Waals surface area contributed by atoms with Crippen molar-refractivity contribution < 1.29 is 17.9 Å². The zero-order valence-corrected chi connectivity index (χ0v) is 13.6. The summed E-state index contributed by atoms with van der Waals surface area (Å²) in [6, 6.07) is 0.0444. The molecule has 0 saturated carbocycles. The highest BCUT2D eigenvalue weighted by Gasteiger charge is 2.27. The highest BCUT2D eigenvalue weighted by Crippen LogP contribution is 2.15. The van der Waals surface area contributed by atoms with E-state index < -0.39 is 12.8 Å². The molecule has 0 rings (SSSR count). The number of hydrogen-bond acceptors (Lipinski definition) is 2. The van der Waals surface area contributed by atoms with Crippen LogP contribution in [-0.4, -0.2) is 32.0 Å². The lowest BCUT2D eigenvalue weighted by Gasteiger charge is -2.19. The highest BCUT2D eigenvalue weighted by molar-refractivity contribution is 4.66. The van der Waals surface area contributed by atoms with Crippen LogP contribution in [0.15, 0.2) is 0 Å². The molecule has 0 aromatic heterocycles. The molecule has 21 heavy (non-hydrogen) atoms. The van der Waals surface area contributed by atoms with Gasteiger partial charge >= 0.3 is 6.18 Å². The predicted octanol–water partition coefficient (Wildman–Crippen LogP) is 5.07. The number of halogens is 3. The lowest BCUT2D eigenvalue weighted by Crippen LogP contribution is -2.35. The number of rotatable bonds is 14. The molecular formula is C16H32F3NO. The predicted molar refractivity (Wildman–Crippen MR) is 81.6 cm³/mol. The van der Waals surface area contributed by atoms with Gasteiger partial charge in [0.1, 0.15) is 6.61 Å². The topological polar surface area (TPSA) is 21.3 Å². The highest BCUT2D eigenvalue weighted by atomic mass is 19.4. The van der Waals surface area contributed by atoms with Crippen LogP contribution >= 0.6 is 0 Å². The van der Waals surface area contributed by atoms with Gasteiger partial charge in [-0.25, -0.2) is 0 Å². The molecule has 0 heterocycles. The minimum absolute atomic E-state index is 0.0444. The van der Waals surface area contributed by atoms with Crippen molar-refractivity contribution in [1.29, 1.82) is 0 Å². The van der Waals surface area contributed by atoms with Gasteiger partial charge in [-0.1, -0.05) is 58.8 Å². The third-order valence-corrected chi connectivity index (χ3v) is 3.42. The molecular weight excluding hydrogens is 279 g/mol.